The molecule has 0 N–H and O–H groups in total. The van der Waals surface area contributed by atoms with Crippen molar-refractivity contribution in [3.63, 3.8) is 0 Å². The van der Waals surface area contributed by atoms with Crippen molar-refractivity contribution in [2.45, 2.75) is 18.8 Å². The lowest BCUT2D eigenvalue weighted by Crippen LogP contribution is -2.05. The van der Waals surface area contributed by atoms with Gasteiger partial charge >= 0.3 is 0 Å². The summed E-state index contributed by atoms with van der Waals surface area (Å²) in [7, 11) is 0. The molecule has 0 radical (unpaired) electrons. The van der Waals surface area contributed by atoms with Crippen LogP contribution < -0.4 is 0 Å². The lowest BCUT2D eigenvalue weighted by Gasteiger charge is -2.23. The van der Waals surface area contributed by atoms with Gasteiger partial charge in [-0.1, -0.05) is 168 Å². The molecule has 0 bridgehead atoms. The maximum absolute atomic E-state index is 3.82. The monoisotopic (exact) mass is 626 g/mol. The van der Waals surface area contributed by atoms with Gasteiger partial charge in [0, 0.05) is 10.4 Å². The van der Waals surface area contributed by atoms with E-state index in [4.69, 9.17) is 0 Å². The van der Waals surface area contributed by atoms with E-state index >= 15 is 0 Å². The van der Waals surface area contributed by atoms with Gasteiger partial charge in [-0.05, 0) is 90.2 Å². The molecule has 0 saturated heterocycles. The van der Waals surface area contributed by atoms with Crippen LogP contribution in [0.4, 0.5) is 0 Å². The van der Waals surface area contributed by atoms with E-state index < -0.39 is 0 Å². The molecule has 0 heterocycles. The summed E-state index contributed by atoms with van der Waals surface area (Å²) in [6.07, 6.45) is 1.98. The van der Waals surface area contributed by atoms with Gasteiger partial charge in [-0.3, -0.25) is 0 Å². The van der Waals surface area contributed by atoms with Crippen molar-refractivity contribution in [2.75, 3.05) is 0 Å². The van der Waals surface area contributed by atoms with Crippen LogP contribution in [0, 0.1) is 0 Å². The van der Waals surface area contributed by atoms with Crippen LogP contribution in [0.3, 0.4) is 0 Å². The Morgan fingerprint density at radius 1 is 0.477 bits per heavy atom. The Balaban J connectivity index is 1.27. The third kappa shape index (κ3) is 4.78. The van der Waals surface area contributed by atoms with E-state index in [0.717, 1.165) is 17.3 Å². The molecular formula is C43H31Br. The number of hydrogen-bond acceptors (Lipinski definition) is 0. The van der Waals surface area contributed by atoms with Crippen molar-refractivity contribution >= 4 is 48.2 Å². The number of rotatable bonds is 7. The molecule has 44 heavy (non-hydrogen) atoms. The van der Waals surface area contributed by atoms with E-state index in [1.807, 2.05) is 0 Å². The van der Waals surface area contributed by atoms with Gasteiger partial charge in [-0.2, -0.15) is 0 Å². The second-order valence-electron chi connectivity index (χ2n) is 11.7. The average Bonchev–Trinajstić information content (AvgIpc) is 3.09. The van der Waals surface area contributed by atoms with Gasteiger partial charge in [0.15, 0.2) is 0 Å². The highest BCUT2D eigenvalue weighted by atomic mass is 79.9. The van der Waals surface area contributed by atoms with E-state index in [1.54, 1.807) is 0 Å². The zero-order valence-corrected chi connectivity index (χ0v) is 26.0. The molecule has 0 nitrogen and oxygen atoms in total. The number of aryl methyl sites for hydroxylation is 1. The molecule has 210 valence electrons. The van der Waals surface area contributed by atoms with Crippen LogP contribution in [-0.2, 0) is 6.42 Å². The molecule has 0 aliphatic carbocycles. The van der Waals surface area contributed by atoms with Crippen molar-refractivity contribution < 1.29 is 0 Å². The quantitative estimate of drug-likeness (QED) is 0.154. The first-order valence-electron chi connectivity index (χ1n) is 15.4. The first-order valence-corrected chi connectivity index (χ1v) is 16.2. The molecule has 0 saturated carbocycles. The molecule has 8 aromatic rings. The molecule has 0 spiro atoms. The molecule has 0 aliphatic rings. The SMILES string of the molecule is Brc1ccc2ccc3c(C(CCc4cc(-c5ccccc5)ccc4-c4ccccc4)c4ccccc4)ccc4ccc1c2c43. The van der Waals surface area contributed by atoms with Crippen LogP contribution in [0.5, 0.6) is 0 Å². The second kappa shape index (κ2) is 11.4. The molecule has 0 amide bonds. The third-order valence-electron chi connectivity index (χ3n) is 9.22. The Kier molecular flexibility index (Phi) is 6.97. The zero-order chi connectivity index (χ0) is 29.5. The molecule has 1 unspecified atom stereocenters. The van der Waals surface area contributed by atoms with Gasteiger partial charge in [0.25, 0.3) is 0 Å². The van der Waals surface area contributed by atoms with Crippen LogP contribution in [0.25, 0.3) is 54.6 Å². The Morgan fingerprint density at radius 3 is 1.80 bits per heavy atom. The first-order chi connectivity index (χ1) is 21.7. The maximum Gasteiger partial charge on any atom is 0.0254 e. The van der Waals surface area contributed by atoms with E-state index in [1.165, 1.54) is 71.3 Å². The summed E-state index contributed by atoms with van der Waals surface area (Å²) in [5.41, 5.74) is 9.27. The fraction of sp³-hybridized carbons (Fsp3) is 0.0698. The minimum absolute atomic E-state index is 0.258. The summed E-state index contributed by atoms with van der Waals surface area (Å²) in [5.74, 6) is 0.258. The molecule has 1 atom stereocenters. The van der Waals surface area contributed by atoms with Crippen LogP contribution in [-0.4, -0.2) is 0 Å². The third-order valence-corrected chi connectivity index (χ3v) is 9.91. The molecule has 1 heteroatoms. The summed E-state index contributed by atoms with van der Waals surface area (Å²) in [6.45, 7) is 0. The highest BCUT2D eigenvalue weighted by Crippen LogP contribution is 2.43. The van der Waals surface area contributed by atoms with Gasteiger partial charge in [-0.15, -0.1) is 0 Å². The fourth-order valence-electron chi connectivity index (χ4n) is 7.09. The van der Waals surface area contributed by atoms with Crippen LogP contribution in [0.1, 0.15) is 29.0 Å². The van der Waals surface area contributed by atoms with Crippen molar-refractivity contribution in [1.82, 2.24) is 0 Å². The Bertz CT molecular complexity index is 2220. The molecule has 0 fully saturated rings. The Hall–Kier alpha value is -4.72. The number of benzene rings is 8. The molecule has 0 aromatic heterocycles. The molecule has 8 rings (SSSR count). The molecule has 8 aromatic carbocycles. The Labute approximate surface area is 267 Å². The lowest BCUT2D eigenvalue weighted by atomic mass is 9.81. The predicted octanol–water partition coefficient (Wildman–Crippen LogP) is 12.4. The summed E-state index contributed by atoms with van der Waals surface area (Å²) in [4.78, 5) is 0. The number of halogens is 1. The van der Waals surface area contributed by atoms with Crippen molar-refractivity contribution in [2.24, 2.45) is 0 Å². The van der Waals surface area contributed by atoms with E-state index in [0.29, 0.717) is 0 Å². The van der Waals surface area contributed by atoms with E-state index in [-0.39, 0.29) is 5.92 Å². The first kappa shape index (κ1) is 26.9. The van der Waals surface area contributed by atoms with Crippen molar-refractivity contribution in [3.05, 3.63) is 179 Å². The summed E-state index contributed by atoms with van der Waals surface area (Å²) >= 11 is 3.82. The van der Waals surface area contributed by atoms with Crippen LogP contribution in [0.2, 0.25) is 0 Å². The van der Waals surface area contributed by atoms with Gasteiger partial charge in [-0.25, -0.2) is 0 Å². The van der Waals surface area contributed by atoms with Gasteiger partial charge < -0.3 is 0 Å². The standard InChI is InChI=1S/C43H31Br/c44-41-27-21-33-17-25-39-38(24-16-32-18-26-40(41)43(33)42(32)39)37(31-14-8-3-9-15-31)23-20-35-28-34(29-10-4-1-5-11-29)19-22-36(35)30-12-6-2-7-13-30/h1-19,21-22,24-28,37H,20,23H2. The summed E-state index contributed by atoms with van der Waals surface area (Å²) in [6, 6.07) is 58.0. The zero-order valence-electron chi connectivity index (χ0n) is 24.4. The summed E-state index contributed by atoms with van der Waals surface area (Å²) in [5, 5.41) is 7.95. The normalized spacial score (nSPS) is 12.3. The highest BCUT2D eigenvalue weighted by Gasteiger charge is 2.21. The second-order valence-corrected chi connectivity index (χ2v) is 12.6. The molecule has 0 aliphatic heterocycles. The minimum Gasteiger partial charge on any atom is -0.0622 e. The minimum atomic E-state index is 0.258. The van der Waals surface area contributed by atoms with Gasteiger partial charge in [0.05, 0.1) is 0 Å². The van der Waals surface area contributed by atoms with Gasteiger partial charge in [0.1, 0.15) is 0 Å². The topological polar surface area (TPSA) is 0 Å². The van der Waals surface area contributed by atoms with E-state index in [9.17, 15) is 0 Å². The lowest BCUT2D eigenvalue weighted by molar-refractivity contribution is 0.721. The van der Waals surface area contributed by atoms with Gasteiger partial charge in [0.2, 0.25) is 0 Å². The number of hydrogen-bond donors (Lipinski definition) is 0. The smallest absolute Gasteiger partial charge is 0.0254 e. The van der Waals surface area contributed by atoms with Crippen molar-refractivity contribution in [3.8, 4) is 22.3 Å². The average molecular weight is 628 g/mol. The highest BCUT2D eigenvalue weighted by molar-refractivity contribution is 9.10. The fourth-order valence-corrected chi connectivity index (χ4v) is 7.55. The maximum atomic E-state index is 3.82. The summed E-state index contributed by atoms with van der Waals surface area (Å²) < 4.78 is 1.15. The predicted molar refractivity (Wildman–Crippen MR) is 192 cm³/mol. The van der Waals surface area contributed by atoms with E-state index in [2.05, 4.69) is 174 Å². The Morgan fingerprint density at radius 2 is 1.07 bits per heavy atom. The molecular weight excluding hydrogens is 596 g/mol. The largest absolute Gasteiger partial charge is 0.0622 e. The van der Waals surface area contributed by atoms with Crippen molar-refractivity contribution in [1.29, 1.82) is 0 Å². The van der Waals surface area contributed by atoms with Crippen LogP contribution >= 0.6 is 15.9 Å². The van der Waals surface area contributed by atoms with Crippen LogP contribution in [0.15, 0.2) is 162 Å².